The van der Waals surface area contributed by atoms with Gasteiger partial charge in [0.2, 0.25) is 5.36 Å². The third-order valence-corrected chi connectivity index (χ3v) is 11.5. The molecule has 4 nitrogen and oxygen atoms in total. The molecule has 0 radical (unpaired) electrons. The van der Waals surface area contributed by atoms with E-state index in [1.165, 1.54) is 75.6 Å². The van der Waals surface area contributed by atoms with Crippen molar-refractivity contribution in [2.24, 2.45) is 0 Å². The Labute approximate surface area is 270 Å². The summed E-state index contributed by atoms with van der Waals surface area (Å²) in [7, 11) is 1.95. The topological polar surface area (TPSA) is 26.6 Å². The molecular weight excluding hydrogens is 550 g/mol. The molecule has 0 N–H and O–H groups in total. The molecule has 0 saturated heterocycles. The molecule has 0 spiro atoms. The molecule has 0 bridgehead atoms. The molecule has 45 heavy (non-hydrogen) atoms. The Balaban J connectivity index is 1.64. The van der Waals surface area contributed by atoms with Crippen LogP contribution in [0.3, 0.4) is 0 Å². The standard InChI is InChI=1S/C41H52N3O/c1-9-19-42(8)39(45)29-17-12-11-16-28(29)36-32-23-31-26(3)25-40(4,5)44(10-2)35(31)24-34(32)41(6,7)37-30-18-14-21-43-20-13-15-27(38(30)43)22-33(36)37/h11-12,16-17,22-24,26H,9-10,13-15,18-21,25H2,1-8H3/q+1. The van der Waals surface area contributed by atoms with Crippen LogP contribution in [0.2, 0.25) is 0 Å². The number of fused-ring (bicyclic) bond motifs is 4. The number of amides is 1. The van der Waals surface area contributed by atoms with Crippen LogP contribution in [0.5, 0.6) is 0 Å². The van der Waals surface area contributed by atoms with E-state index in [2.05, 4.69) is 94.3 Å². The summed E-state index contributed by atoms with van der Waals surface area (Å²) in [5.41, 5.74) is 13.2. The molecule has 3 aromatic rings. The Hall–Kier alpha value is -3.40. The first-order valence-corrected chi connectivity index (χ1v) is 17.6. The average molecular weight is 603 g/mol. The van der Waals surface area contributed by atoms with E-state index in [9.17, 15) is 4.79 Å². The van der Waals surface area contributed by atoms with Gasteiger partial charge in [-0.25, -0.2) is 4.58 Å². The molecule has 0 saturated carbocycles. The van der Waals surface area contributed by atoms with Crippen LogP contribution in [0.15, 0.2) is 42.5 Å². The van der Waals surface area contributed by atoms with Crippen molar-refractivity contribution in [1.29, 1.82) is 0 Å². The minimum absolute atomic E-state index is 0.104. The van der Waals surface area contributed by atoms with Crippen LogP contribution < -0.4 is 20.1 Å². The quantitative estimate of drug-likeness (QED) is 0.310. The van der Waals surface area contributed by atoms with Gasteiger partial charge in [0.1, 0.15) is 13.1 Å². The maximum atomic E-state index is 14.1. The molecule has 1 amide bonds. The second-order valence-corrected chi connectivity index (χ2v) is 15.4. The molecule has 0 fully saturated rings. The summed E-state index contributed by atoms with van der Waals surface area (Å²) in [5, 5.41) is 2.89. The second-order valence-electron chi connectivity index (χ2n) is 15.4. The summed E-state index contributed by atoms with van der Waals surface area (Å²) < 4.78 is 2.68. The highest BCUT2D eigenvalue weighted by Gasteiger charge is 2.42. The van der Waals surface area contributed by atoms with Crippen LogP contribution in [0.1, 0.15) is 129 Å². The fourth-order valence-corrected chi connectivity index (χ4v) is 9.72. The summed E-state index contributed by atoms with van der Waals surface area (Å²) in [6, 6.07) is 16.1. The van der Waals surface area contributed by atoms with Gasteiger partial charge < -0.3 is 9.80 Å². The predicted octanol–water partition coefficient (Wildman–Crippen LogP) is 6.55. The number of hydrogen-bond donors (Lipinski definition) is 0. The highest BCUT2D eigenvalue weighted by Crippen LogP contribution is 2.50. The molecule has 7 rings (SSSR count). The Morgan fingerprint density at radius 3 is 2.47 bits per heavy atom. The van der Waals surface area contributed by atoms with E-state index in [4.69, 9.17) is 0 Å². The number of hydrogen-bond acceptors (Lipinski definition) is 2. The SMILES string of the molecule is CCCN(C)C(=O)c1ccccc1C1=c2cc3c4c(c2C(C)(C)c2cc5c(cc21)C(C)CC(C)(C)N5CC)CCC[N+]=4CCC3. The third-order valence-electron chi connectivity index (χ3n) is 11.5. The maximum absolute atomic E-state index is 14.1. The van der Waals surface area contributed by atoms with Crippen molar-refractivity contribution in [2.45, 2.75) is 104 Å². The highest BCUT2D eigenvalue weighted by atomic mass is 16.2. The molecule has 1 unspecified atom stereocenters. The number of carbonyl (C=O) groups is 1. The van der Waals surface area contributed by atoms with Gasteiger partial charge in [0.05, 0.1) is 0 Å². The minimum Gasteiger partial charge on any atom is -0.366 e. The first-order valence-electron chi connectivity index (χ1n) is 17.6. The van der Waals surface area contributed by atoms with Crippen LogP contribution in [-0.4, -0.2) is 49.6 Å². The van der Waals surface area contributed by atoms with Gasteiger partial charge in [0, 0.05) is 66.3 Å². The zero-order valence-corrected chi connectivity index (χ0v) is 28.9. The van der Waals surface area contributed by atoms with E-state index in [1.54, 1.807) is 5.56 Å². The monoisotopic (exact) mass is 602 g/mol. The molecule has 4 aliphatic rings. The lowest BCUT2D eigenvalue weighted by Gasteiger charge is -2.48. The summed E-state index contributed by atoms with van der Waals surface area (Å²) in [4.78, 5) is 18.6. The van der Waals surface area contributed by atoms with Crippen LogP contribution in [0, 0.1) is 0 Å². The van der Waals surface area contributed by atoms with Crippen molar-refractivity contribution in [3.63, 3.8) is 0 Å². The van der Waals surface area contributed by atoms with Gasteiger partial charge in [-0.1, -0.05) is 45.9 Å². The van der Waals surface area contributed by atoms with Gasteiger partial charge in [0.25, 0.3) is 5.91 Å². The highest BCUT2D eigenvalue weighted by molar-refractivity contribution is 6.02. The van der Waals surface area contributed by atoms with Crippen molar-refractivity contribution in [3.05, 3.63) is 97.5 Å². The van der Waals surface area contributed by atoms with Crippen LogP contribution in [0.25, 0.3) is 5.57 Å². The van der Waals surface area contributed by atoms with Crippen molar-refractivity contribution in [1.82, 2.24) is 9.48 Å². The first kappa shape index (κ1) is 30.3. The molecule has 236 valence electrons. The largest absolute Gasteiger partial charge is 0.366 e. The van der Waals surface area contributed by atoms with Gasteiger partial charge in [-0.05, 0) is 115 Å². The predicted molar refractivity (Wildman–Crippen MR) is 187 cm³/mol. The molecular formula is C41H52N3O+. The molecule has 1 atom stereocenters. The molecule has 0 aromatic heterocycles. The Morgan fingerprint density at radius 2 is 1.73 bits per heavy atom. The fraction of sp³-hybridized carbons (Fsp3) is 0.512. The Morgan fingerprint density at radius 1 is 1.00 bits per heavy atom. The van der Waals surface area contributed by atoms with Crippen molar-refractivity contribution >= 4 is 17.2 Å². The summed E-state index contributed by atoms with van der Waals surface area (Å²) in [6.45, 7) is 20.7. The maximum Gasteiger partial charge on any atom is 0.254 e. The number of nitrogens with zero attached hydrogens (tertiary/aromatic N) is 3. The number of aryl methyl sites for hydroxylation is 1. The van der Waals surface area contributed by atoms with Gasteiger partial charge in [0.15, 0.2) is 0 Å². The molecule has 3 heterocycles. The normalized spacial score (nSPS) is 20.6. The van der Waals surface area contributed by atoms with E-state index in [0.717, 1.165) is 49.9 Å². The van der Waals surface area contributed by atoms with Crippen LogP contribution in [-0.2, 0) is 18.3 Å². The number of benzene rings is 3. The zero-order valence-electron chi connectivity index (χ0n) is 28.9. The number of rotatable bonds is 5. The van der Waals surface area contributed by atoms with E-state index in [1.807, 2.05) is 18.0 Å². The van der Waals surface area contributed by atoms with Crippen molar-refractivity contribution in [2.75, 3.05) is 38.1 Å². The molecule has 3 aliphatic heterocycles. The number of anilines is 1. The average Bonchev–Trinajstić information content (AvgIpc) is 3.00. The van der Waals surface area contributed by atoms with Crippen LogP contribution in [0.4, 0.5) is 5.69 Å². The lowest BCUT2D eigenvalue weighted by Crippen LogP contribution is -2.50. The number of carbonyl (C=O) groups excluding carboxylic acids is 1. The van der Waals surface area contributed by atoms with E-state index < -0.39 is 0 Å². The Kier molecular flexibility index (Phi) is 7.30. The fourth-order valence-electron chi connectivity index (χ4n) is 9.72. The van der Waals surface area contributed by atoms with Gasteiger partial charge in [-0.3, -0.25) is 4.79 Å². The zero-order chi connectivity index (χ0) is 31.8. The van der Waals surface area contributed by atoms with Gasteiger partial charge in [-0.15, -0.1) is 0 Å². The summed E-state index contributed by atoms with van der Waals surface area (Å²) in [5.74, 6) is 0.572. The van der Waals surface area contributed by atoms with E-state index >= 15 is 0 Å². The summed E-state index contributed by atoms with van der Waals surface area (Å²) in [6.07, 6.45) is 6.76. The third kappa shape index (κ3) is 4.53. The first-order chi connectivity index (χ1) is 21.5. The van der Waals surface area contributed by atoms with Crippen molar-refractivity contribution in [3.8, 4) is 0 Å². The van der Waals surface area contributed by atoms with Crippen molar-refractivity contribution < 1.29 is 4.79 Å². The summed E-state index contributed by atoms with van der Waals surface area (Å²) >= 11 is 0. The molecule has 3 aromatic carbocycles. The van der Waals surface area contributed by atoms with Crippen LogP contribution >= 0.6 is 0 Å². The van der Waals surface area contributed by atoms with Gasteiger partial charge in [-0.2, -0.15) is 0 Å². The smallest absolute Gasteiger partial charge is 0.254 e. The Bertz CT molecular complexity index is 1840. The molecule has 1 aliphatic carbocycles. The lowest BCUT2D eigenvalue weighted by atomic mass is 9.64. The van der Waals surface area contributed by atoms with Gasteiger partial charge >= 0.3 is 0 Å². The van der Waals surface area contributed by atoms with E-state index in [0.29, 0.717) is 5.92 Å². The van der Waals surface area contributed by atoms with E-state index in [-0.39, 0.29) is 16.9 Å². The lowest BCUT2D eigenvalue weighted by molar-refractivity contribution is 0.0795. The second kappa shape index (κ2) is 10.9. The molecule has 4 heteroatoms. The minimum atomic E-state index is -0.170.